The summed E-state index contributed by atoms with van der Waals surface area (Å²) in [6.45, 7) is 1.32. The van der Waals surface area contributed by atoms with Crippen LogP contribution in [0.2, 0.25) is 5.02 Å². The van der Waals surface area contributed by atoms with E-state index in [4.69, 9.17) is 22.1 Å². The van der Waals surface area contributed by atoms with Crippen LogP contribution in [0.15, 0.2) is 42.5 Å². The molecule has 2 aromatic heterocycles. The molecule has 2 amide bonds. The number of hydrogen-bond donors (Lipinski definition) is 2. The lowest BCUT2D eigenvalue weighted by atomic mass is 10.1. The van der Waals surface area contributed by atoms with E-state index in [9.17, 15) is 27.2 Å². The Morgan fingerprint density at radius 3 is 2.57 bits per heavy atom. The van der Waals surface area contributed by atoms with Gasteiger partial charge in [-0.3, -0.25) is 14.3 Å². The Balaban J connectivity index is 1.79. The van der Waals surface area contributed by atoms with Crippen molar-refractivity contribution in [2.45, 2.75) is 19.6 Å². The highest BCUT2D eigenvalue weighted by Crippen LogP contribution is 2.37. The number of carbonyl (C=O) groups excluding carboxylic acids is 2. The first-order chi connectivity index (χ1) is 17.4. The van der Waals surface area contributed by atoms with Gasteiger partial charge in [0, 0.05) is 11.5 Å². The molecule has 0 aliphatic carbocycles. The van der Waals surface area contributed by atoms with Gasteiger partial charge >= 0.3 is 6.18 Å². The Bertz CT molecular complexity index is 1550. The molecule has 3 N–H and O–H groups in total. The topological polar surface area (TPSA) is 112 Å². The van der Waals surface area contributed by atoms with Crippen LogP contribution in [0.25, 0.3) is 10.9 Å². The summed E-state index contributed by atoms with van der Waals surface area (Å²) in [4.78, 5) is 28.9. The number of benzene rings is 2. The smallest absolute Gasteiger partial charge is 0.437 e. The molecule has 2 aromatic carbocycles. The second-order valence-electron chi connectivity index (χ2n) is 7.97. The second-order valence-corrected chi connectivity index (χ2v) is 8.38. The number of amides is 2. The zero-order chi connectivity index (χ0) is 27.1. The molecule has 0 bridgehead atoms. The van der Waals surface area contributed by atoms with Gasteiger partial charge in [-0.25, -0.2) is 9.37 Å². The van der Waals surface area contributed by atoms with Gasteiger partial charge in [-0.2, -0.15) is 18.3 Å². The van der Waals surface area contributed by atoms with Gasteiger partial charge < -0.3 is 15.8 Å². The summed E-state index contributed by atoms with van der Waals surface area (Å²) < 4.78 is 61.9. The Morgan fingerprint density at radius 2 is 1.92 bits per heavy atom. The maximum atomic E-state index is 14.0. The molecular weight excluding hydrogens is 518 g/mol. The third-order valence-corrected chi connectivity index (χ3v) is 5.82. The summed E-state index contributed by atoms with van der Waals surface area (Å²) in [6.07, 6.45) is -4.90. The molecule has 0 atom stereocenters. The third kappa shape index (κ3) is 5.19. The van der Waals surface area contributed by atoms with Gasteiger partial charge in [0.05, 0.1) is 41.1 Å². The van der Waals surface area contributed by atoms with Crippen LogP contribution >= 0.6 is 11.6 Å². The highest BCUT2D eigenvalue weighted by atomic mass is 35.5. The standard InChI is InChI=1S/C24H18ClF4N5O3/c1-11-20(21(24(27,28)29)33-34(11)10-12-4-3-5-13(6-12)37-2)32-23(36)15-8-19(22(30)35)31-18-9-17(26)16(25)7-14(15)18/h3-9H,10H2,1-2H3,(H2,30,35)(H,32,36). The highest BCUT2D eigenvalue weighted by molar-refractivity contribution is 6.31. The number of carbonyl (C=O) groups is 2. The molecule has 4 aromatic rings. The molecule has 4 rings (SSSR count). The van der Waals surface area contributed by atoms with Crippen molar-refractivity contribution in [1.29, 1.82) is 0 Å². The molecule has 0 saturated carbocycles. The van der Waals surface area contributed by atoms with E-state index in [0.717, 1.165) is 22.9 Å². The summed E-state index contributed by atoms with van der Waals surface area (Å²) in [6, 6.07) is 9.67. The molecule has 8 nitrogen and oxygen atoms in total. The van der Waals surface area contributed by atoms with Crippen molar-refractivity contribution in [2.75, 3.05) is 12.4 Å². The molecule has 0 fully saturated rings. The van der Waals surface area contributed by atoms with Crippen LogP contribution < -0.4 is 15.8 Å². The van der Waals surface area contributed by atoms with Crippen LogP contribution in [0.1, 0.15) is 37.8 Å². The van der Waals surface area contributed by atoms with Gasteiger partial charge in [0.25, 0.3) is 11.8 Å². The van der Waals surface area contributed by atoms with Crippen LogP contribution in [0.3, 0.4) is 0 Å². The lowest BCUT2D eigenvalue weighted by molar-refractivity contribution is -0.140. The maximum absolute atomic E-state index is 14.0. The van der Waals surface area contributed by atoms with Gasteiger partial charge in [-0.1, -0.05) is 23.7 Å². The zero-order valence-corrected chi connectivity index (χ0v) is 20.0. The Kier molecular flexibility index (Phi) is 6.78. The molecular formula is C24H18ClF4N5O3. The maximum Gasteiger partial charge on any atom is 0.437 e. The van der Waals surface area contributed by atoms with Gasteiger partial charge in [0.1, 0.15) is 17.3 Å². The average molecular weight is 536 g/mol. The number of aromatic nitrogens is 3. The second kappa shape index (κ2) is 9.69. The molecule has 13 heteroatoms. The minimum atomic E-state index is -4.90. The summed E-state index contributed by atoms with van der Waals surface area (Å²) in [5, 5.41) is 5.58. The van der Waals surface area contributed by atoms with Crippen LogP contribution in [0, 0.1) is 12.7 Å². The molecule has 0 radical (unpaired) electrons. The first kappa shape index (κ1) is 25.9. The van der Waals surface area contributed by atoms with Gasteiger partial charge in [-0.05, 0) is 36.8 Å². The minimum absolute atomic E-state index is 0.00360. The first-order valence-electron chi connectivity index (χ1n) is 10.6. The molecule has 0 aliphatic heterocycles. The van der Waals surface area contributed by atoms with Crippen molar-refractivity contribution < 1.29 is 31.9 Å². The van der Waals surface area contributed by atoms with Crippen molar-refractivity contribution in [3.63, 3.8) is 0 Å². The first-order valence-corrected chi connectivity index (χ1v) is 10.9. The number of halogens is 5. The molecule has 0 aliphatic rings. The lowest BCUT2D eigenvalue weighted by Crippen LogP contribution is -2.19. The number of nitrogens with zero attached hydrogens (tertiary/aromatic N) is 3. The molecule has 0 spiro atoms. The van der Waals surface area contributed by atoms with Crippen LogP contribution in [-0.4, -0.2) is 33.7 Å². The number of hydrogen-bond acceptors (Lipinski definition) is 5. The number of primary amides is 1. The fourth-order valence-corrected chi connectivity index (χ4v) is 3.87. The van der Waals surface area contributed by atoms with Gasteiger partial charge in [-0.15, -0.1) is 0 Å². The SMILES string of the molecule is COc1cccc(Cn2nc(C(F)(F)F)c(NC(=O)c3cc(C(N)=O)nc4cc(F)c(Cl)cc34)c2C)c1. The molecule has 0 unspecified atom stereocenters. The normalized spacial score (nSPS) is 11.5. The van der Waals surface area contributed by atoms with Crippen LogP contribution in [0.5, 0.6) is 5.75 Å². The Labute approximate surface area is 212 Å². The van der Waals surface area contributed by atoms with E-state index in [2.05, 4.69) is 15.4 Å². The summed E-state index contributed by atoms with van der Waals surface area (Å²) >= 11 is 5.84. The van der Waals surface area contributed by atoms with Crippen LogP contribution in [0.4, 0.5) is 23.2 Å². The number of fused-ring (bicyclic) bond motifs is 1. The predicted octanol–water partition coefficient (Wildman–Crippen LogP) is 4.96. The summed E-state index contributed by atoms with van der Waals surface area (Å²) in [5.41, 5.74) is 3.19. The number of nitrogens with two attached hydrogens (primary N) is 1. The summed E-state index contributed by atoms with van der Waals surface area (Å²) in [5.74, 6) is -2.42. The van der Waals surface area contributed by atoms with E-state index in [1.54, 1.807) is 24.3 Å². The largest absolute Gasteiger partial charge is 0.497 e. The fraction of sp³-hybridized carbons (Fsp3) is 0.167. The number of pyridine rings is 1. The van der Waals surface area contributed by atoms with Gasteiger partial charge in [0.15, 0.2) is 5.69 Å². The number of methoxy groups -OCH3 is 1. The van der Waals surface area contributed by atoms with Crippen LogP contribution in [-0.2, 0) is 12.7 Å². The fourth-order valence-electron chi connectivity index (χ4n) is 3.71. The minimum Gasteiger partial charge on any atom is -0.497 e. The number of anilines is 1. The van der Waals surface area contributed by atoms with E-state index in [-0.39, 0.29) is 39.4 Å². The summed E-state index contributed by atoms with van der Waals surface area (Å²) in [7, 11) is 1.46. The van der Waals surface area contributed by atoms with Crippen molar-refractivity contribution in [2.24, 2.45) is 5.73 Å². The molecule has 0 saturated heterocycles. The lowest BCUT2D eigenvalue weighted by Gasteiger charge is -2.12. The zero-order valence-electron chi connectivity index (χ0n) is 19.3. The Morgan fingerprint density at radius 1 is 1.19 bits per heavy atom. The van der Waals surface area contributed by atoms with E-state index < -0.39 is 35.2 Å². The van der Waals surface area contributed by atoms with Gasteiger partial charge in [0.2, 0.25) is 0 Å². The quantitative estimate of drug-likeness (QED) is 0.339. The number of rotatable bonds is 6. The Hall–Kier alpha value is -4.19. The van der Waals surface area contributed by atoms with Crippen molar-refractivity contribution >= 4 is 40.0 Å². The van der Waals surface area contributed by atoms with Crippen molar-refractivity contribution in [3.8, 4) is 5.75 Å². The third-order valence-electron chi connectivity index (χ3n) is 5.53. The monoisotopic (exact) mass is 535 g/mol. The number of ether oxygens (including phenoxy) is 1. The van der Waals surface area contributed by atoms with Crippen molar-refractivity contribution in [1.82, 2.24) is 14.8 Å². The van der Waals surface area contributed by atoms with Crippen molar-refractivity contribution in [3.05, 3.63) is 81.5 Å². The number of nitrogens with one attached hydrogen (secondary N) is 1. The predicted molar refractivity (Wildman–Crippen MR) is 127 cm³/mol. The molecule has 192 valence electrons. The highest BCUT2D eigenvalue weighted by Gasteiger charge is 2.39. The molecule has 2 heterocycles. The van der Waals surface area contributed by atoms with E-state index in [1.165, 1.54) is 14.0 Å². The molecule has 37 heavy (non-hydrogen) atoms. The number of alkyl halides is 3. The average Bonchev–Trinajstić information content (AvgIpc) is 3.14. The van der Waals surface area contributed by atoms with E-state index in [1.807, 2.05) is 0 Å². The van der Waals surface area contributed by atoms with E-state index in [0.29, 0.717) is 11.3 Å². The van der Waals surface area contributed by atoms with E-state index >= 15 is 0 Å².